The molecule has 3 heteroatoms. The van der Waals surface area contributed by atoms with Crippen molar-refractivity contribution >= 4 is 17.4 Å². The second kappa shape index (κ2) is 5.91. The lowest BCUT2D eigenvalue weighted by molar-refractivity contribution is 0.309. The van der Waals surface area contributed by atoms with E-state index < -0.39 is 0 Å². The van der Waals surface area contributed by atoms with Gasteiger partial charge >= 0.3 is 0 Å². The maximum absolute atomic E-state index is 2.49. The normalized spacial score (nSPS) is 23.1. The molecule has 2 aliphatic heterocycles. The highest BCUT2D eigenvalue weighted by atomic mass is 32.2. The Balaban J connectivity index is 1.70. The second-order valence-electron chi connectivity index (χ2n) is 5.20. The summed E-state index contributed by atoms with van der Waals surface area (Å²) in [6.45, 7) is 5.77. The first kappa shape index (κ1) is 12.9. The third-order valence-corrected chi connectivity index (χ3v) is 5.17. The van der Waals surface area contributed by atoms with Gasteiger partial charge in [0.05, 0.1) is 11.1 Å². The molecule has 1 aromatic rings. The summed E-state index contributed by atoms with van der Waals surface area (Å²) in [4.78, 5) is 6.37. The molecule has 1 fully saturated rings. The average Bonchev–Trinajstić information content (AvgIpc) is 2.83. The van der Waals surface area contributed by atoms with Gasteiger partial charge in [-0.25, -0.2) is 0 Å². The standard InChI is InChI=1S/C16H22N2S/c1-2-18-14-8-4-5-9-15(14)19-16(18)10-13-17-11-6-3-7-12-17/h4-5,8-10,13,16H,2-3,6-7,11-12H2,1H3/b13-10+. The van der Waals surface area contributed by atoms with E-state index in [0.717, 1.165) is 6.54 Å². The molecule has 0 aliphatic carbocycles. The first-order chi connectivity index (χ1) is 9.38. The molecule has 1 atom stereocenters. The van der Waals surface area contributed by atoms with Crippen LogP contribution in [0.15, 0.2) is 41.4 Å². The number of fused-ring (bicyclic) bond motifs is 1. The zero-order valence-electron chi connectivity index (χ0n) is 11.6. The largest absolute Gasteiger partial charge is 0.378 e. The van der Waals surface area contributed by atoms with Crippen LogP contribution in [0.5, 0.6) is 0 Å². The molecule has 0 amide bonds. The highest BCUT2D eigenvalue weighted by Gasteiger charge is 2.26. The van der Waals surface area contributed by atoms with Crippen LogP contribution in [0, 0.1) is 0 Å². The summed E-state index contributed by atoms with van der Waals surface area (Å²) in [6, 6.07) is 8.74. The first-order valence-electron chi connectivity index (χ1n) is 7.33. The number of anilines is 1. The van der Waals surface area contributed by atoms with Crippen LogP contribution < -0.4 is 4.90 Å². The van der Waals surface area contributed by atoms with Gasteiger partial charge in [0.15, 0.2) is 0 Å². The molecule has 0 radical (unpaired) electrons. The van der Waals surface area contributed by atoms with E-state index >= 15 is 0 Å². The number of piperidine rings is 1. The summed E-state index contributed by atoms with van der Waals surface area (Å²) >= 11 is 1.97. The molecule has 0 spiro atoms. The topological polar surface area (TPSA) is 6.48 Å². The Morgan fingerprint density at radius 3 is 2.79 bits per heavy atom. The first-order valence-corrected chi connectivity index (χ1v) is 8.21. The van der Waals surface area contributed by atoms with Gasteiger partial charge in [0, 0.05) is 24.5 Å². The number of likely N-dealkylation sites (N-methyl/N-ethyl adjacent to an activating group) is 1. The molecule has 0 aromatic heterocycles. The molecule has 3 rings (SSSR count). The lowest BCUT2D eigenvalue weighted by atomic mass is 10.1. The molecular formula is C16H22N2S. The minimum Gasteiger partial charge on any atom is -0.378 e. The quantitative estimate of drug-likeness (QED) is 0.824. The van der Waals surface area contributed by atoms with E-state index in [1.54, 1.807) is 0 Å². The maximum atomic E-state index is 2.49. The molecule has 1 aromatic carbocycles. The third-order valence-electron chi connectivity index (χ3n) is 3.92. The van der Waals surface area contributed by atoms with Gasteiger partial charge < -0.3 is 9.80 Å². The van der Waals surface area contributed by atoms with Gasteiger partial charge in [0.1, 0.15) is 0 Å². The van der Waals surface area contributed by atoms with Gasteiger partial charge in [-0.05, 0) is 50.6 Å². The maximum Gasteiger partial charge on any atom is 0.0999 e. The van der Waals surface area contributed by atoms with E-state index in [9.17, 15) is 0 Å². The van der Waals surface area contributed by atoms with Gasteiger partial charge in [0.25, 0.3) is 0 Å². The van der Waals surface area contributed by atoms with Crippen LogP contribution in [-0.4, -0.2) is 29.9 Å². The minimum atomic E-state index is 0.462. The molecule has 2 nitrogen and oxygen atoms in total. The highest BCUT2D eigenvalue weighted by molar-refractivity contribution is 8.00. The molecular weight excluding hydrogens is 252 g/mol. The molecule has 1 saturated heterocycles. The monoisotopic (exact) mass is 274 g/mol. The van der Waals surface area contributed by atoms with Crippen molar-refractivity contribution in [2.24, 2.45) is 0 Å². The van der Waals surface area contributed by atoms with Crippen molar-refractivity contribution in [1.82, 2.24) is 4.90 Å². The van der Waals surface area contributed by atoms with Crippen LogP contribution in [0.25, 0.3) is 0 Å². The van der Waals surface area contributed by atoms with E-state index in [1.807, 2.05) is 11.8 Å². The van der Waals surface area contributed by atoms with Gasteiger partial charge in [-0.1, -0.05) is 23.9 Å². The molecule has 0 N–H and O–H groups in total. The van der Waals surface area contributed by atoms with Crippen molar-refractivity contribution in [3.63, 3.8) is 0 Å². The fraction of sp³-hybridized carbons (Fsp3) is 0.500. The number of hydrogen-bond donors (Lipinski definition) is 0. The van der Waals surface area contributed by atoms with E-state index in [2.05, 4.69) is 53.3 Å². The predicted molar refractivity (Wildman–Crippen MR) is 83.7 cm³/mol. The van der Waals surface area contributed by atoms with Crippen LogP contribution in [0.1, 0.15) is 26.2 Å². The predicted octanol–water partition coefficient (Wildman–Crippen LogP) is 3.94. The fourth-order valence-corrected chi connectivity index (χ4v) is 4.14. The minimum absolute atomic E-state index is 0.462. The molecule has 2 aliphatic rings. The SMILES string of the molecule is CCN1c2ccccc2SC1/C=C/N1CCCCC1. The summed E-state index contributed by atoms with van der Waals surface area (Å²) in [5.41, 5.74) is 1.39. The van der Waals surface area contributed by atoms with Gasteiger partial charge in [-0.3, -0.25) is 0 Å². The molecule has 0 saturated carbocycles. The number of rotatable bonds is 3. The summed E-state index contributed by atoms with van der Waals surface area (Å²) in [5, 5.41) is 0.462. The highest BCUT2D eigenvalue weighted by Crippen LogP contribution is 2.43. The number of benzene rings is 1. The lowest BCUT2D eigenvalue weighted by Gasteiger charge is -2.27. The summed E-state index contributed by atoms with van der Waals surface area (Å²) in [6.07, 6.45) is 8.79. The van der Waals surface area contributed by atoms with Crippen LogP contribution in [0.2, 0.25) is 0 Å². The van der Waals surface area contributed by atoms with Crippen LogP contribution in [0.3, 0.4) is 0 Å². The number of para-hydroxylation sites is 1. The Hall–Kier alpha value is -1.09. The molecule has 0 bridgehead atoms. The zero-order chi connectivity index (χ0) is 13.1. The van der Waals surface area contributed by atoms with Gasteiger partial charge in [-0.15, -0.1) is 0 Å². The Bertz CT molecular complexity index is 452. The number of nitrogens with zero attached hydrogens (tertiary/aromatic N) is 2. The molecule has 19 heavy (non-hydrogen) atoms. The van der Waals surface area contributed by atoms with Crippen molar-refractivity contribution in [2.45, 2.75) is 36.5 Å². The fourth-order valence-electron chi connectivity index (χ4n) is 2.88. The van der Waals surface area contributed by atoms with E-state index in [1.165, 1.54) is 42.9 Å². The molecule has 2 heterocycles. The Kier molecular flexibility index (Phi) is 4.02. The third kappa shape index (κ3) is 2.76. The van der Waals surface area contributed by atoms with Crippen LogP contribution in [0.4, 0.5) is 5.69 Å². The lowest BCUT2D eigenvalue weighted by Crippen LogP contribution is -2.29. The van der Waals surface area contributed by atoms with Crippen molar-refractivity contribution in [3.8, 4) is 0 Å². The van der Waals surface area contributed by atoms with Crippen molar-refractivity contribution in [1.29, 1.82) is 0 Å². The number of thioether (sulfide) groups is 1. The van der Waals surface area contributed by atoms with Crippen molar-refractivity contribution in [3.05, 3.63) is 36.5 Å². The smallest absolute Gasteiger partial charge is 0.0999 e. The second-order valence-corrected chi connectivity index (χ2v) is 6.36. The summed E-state index contributed by atoms with van der Waals surface area (Å²) < 4.78 is 0. The molecule has 1 unspecified atom stereocenters. The average molecular weight is 274 g/mol. The van der Waals surface area contributed by atoms with Gasteiger partial charge in [0.2, 0.25) is 0 Å². The van der Waals surface area contributed by atoms with Crippen molar-refractivity contribution in [2.75, 3.05) is 24.5 Å². The Morgan fingerprint density at radius 2 is 2.00 bits per heavy atom. The van der Waals surface area contributed by atoms with Crippen LogP contribution >= 0.6 is 11.8 Å². The van der Waals surface area contributed by atoms with E-state index in [0.29, 0.717) is 5.37 Å². The number of hydrogen-bond acceptors (Lipinski definition) is 3. The Labute approximate surface area is 120 Å². The summed E-state index contributed by atoms with van der Waals surface area (Å²) in [7, 11) is 0. The van der Waals surface area contributed by atoms with Crippen LogP contribution in [-0.2, 0) is 0 Å². The van der Waals surface area contributed by atoms with Gasteiger partial charge in [-0.2, -0.15) is 0 Å². The number of likely N-dealkylation sites (tertiary alicyclic amines) is 1. The van der Waals surface area contributed by atoms with E-state index in [4.69, 9.17) is 0 Å². The van der Waals surface area contributed by atoms with Crippen molar-refractivity contribution < 1.29 is 0 Å². The molecule has 102 valence electrons. The Morgan fingerprint density at radius 1 is 1.21 bits per heavy atom. The summed E-state index contributed by atoms with van der Waals surface area (Å²) in [5.74, 6) is 0. The van der Waals surface area contributed by atoms with E-state index in [-0.39, 0.29) is 0 Å². The zero-order valence-corrected chi connectivity index (χ0v) is 12.4.